The number of hydrogen-bond acceptors (Lipinski definition) is 4. The molecule has 0 aliphatic carbocycles. The molecule has 0 saturated carbocycles. The van der Waals surface area contributed by atoms with Crippen molar-refractivity contribution < 1.29 is 13.2 Å². The summed E-state index contributed by atoms with van der Waals surface area (Å²) < 4.78 is 25.6. The van der Waals surface area contributed by atoms with Gasteiger partial charge in [0, 0.05) is 20.6 Å². The molecule has 0 atom stereocenters. The number of guanidine groups is 2. The highest BCUT2D eigenvalue weighted by Crippen LogP contribution is 2.09. The van der Waals surface area contributed by atoms with Crippen LogP contribution in [0.1, 0.15) is 25.3 Å². The second-order valence-electron chi connectivity index (χ2n) is 5.78. The zero-order valence-corrected chi connectivity index (χ0v) is 16.9. The van der Waals surface area contributed by atoms with Gasteiger partial charge in [0.05, 0.1) is 4.90 Å². The van der Waals surface area contributed by atoms with Crippen LogP contribution in [0.5, 0.6) is 0 Å². The van der Waals surface area contributed by atoms with E-state index in [1.165, 1.54) is 12.1 Å². The summed E-state index contributed by atoms with van der Waals surface area (Å²) in [6, 6.07) is 5.62. The van der Waals surface area contributed by atoms with E-state index in [0.717, 1.165) is 18.4 Å². The van der Waals surface area contributed by atoms with E-state index in [1.807, 2.05) is 18.6 Å². The Morgan fingerprint density at radius 1 is 1.22 bits per heavy atom. The van der Waals surface area contributed by atoms with Gasteiger partial charge in [0.15, 0.2) is 5.96 Å². The molecule has 0 heterocycles. The number of carbonyl (C=O) groups excluding carboxylic acids is 1. The highest BCUT2D eigenvalue weighted by molar-refractivity contribution is 7.90. The summed E-state index contributed by atoms with van der Waals surface area (Å²) in [6.45, 7) is 4.32. The first-order valence-corrected chi connectivity index (χ1v) is 9.70. The van der Waals surface area contributed by atoms with Crippen LogP contribution < -0.4 is 21.5 Å². The molecule has 0 saturated heterocycles. The monoisotopic (exact) mass is 399 g/mol. The van der Waals surface area contributed by atoms with Gasteiger partial charge in [0.2, 0.25) is 5.96 Å². The number of nitrogens with zero attached hydrogens (tertiary/aromatic N) is 2. The molecule has 1 aromatic rings. The van der Waals surface area contributed by atoms with Crippen LogP contribution in [0.3, 0.4) is 0 Å². The van der Waals surface area contributed by atoms with Crippen molar-refractivity contribution in [2.24, 2.45) is 16.5 Å². The second kappa shape index (κ2) is 11.7. The van der Waals surface area contributed by atoms with Gasteiger partial charge < -0.3 is 21.7 Å². The Labute approximate surface area is 160 Å². The van der Waals surface area contributed by atoms with Crippen LogP contribution in [-0.2, 0) is 10.0 Å². The Hall–Kier alpha value is -2.82. The third-order valence-electron chi connectivity index (χ3n) is 3.07. The van der Waals surface area contributed by atoms with Crippen molar-refractivity contribution in [3.05, 3.63) is 29.8 Å². The normalized spacial score (nSPS) is 11.0. The maximum Gasteiger partial charge on any atom is 0.328 e. The fourth-order valence-electron chi connectivity index (χ4n) is 1.54. The van der Waals surface area contributed by atoms with E-state index in [9.17, 15) is 13.2 Å². The molecule has 11 heteroatoms. The van der Waals surface area contributed by atoms with E-state index in [4.69, 9.17) is 16.9 Å². The van der Waals surface area contributed by atoms with Crippen LogP contribution in [0.25, 0.3) is 0 Å². The fourth-order valence-corrected chi connectivity index (χ4v) is 2.47. The van der Waals surface area contributed by atoms with E-state index >= 15 is 0 Å². The van der Waals surface area contributed by atoms with E-state index in [1.54, 1.807) is 31.1 Å². The second-order valence-corrected chi connectivity index (χ2v) is 7.46. The Balaban J connectivity index is 0.000000636. The highest BCUT2D eigenvalue weighted by atomic mass is 32.2. The van der Waals surface area contributed by atoms with Gasteiger partial charge in [0.25, 0.3) is 10.0 Å². The minimum atomic E-state index is -3.78. The van der Waals surface area contributed by atoms with E-state index < -0.39 is 16.1 Å². The van der Waals surface area contributed by atoms with Crippen molar-refractivity contribution in [2.45, 2.75) is 31.6 Å². The molecule has 152 valence electrons. The number of unbranched alkanes of at least 4 members (excludes halogenated alkanes) is 1. The maximum atomic E-state index is 11.8. The molecule has 0 spiro atoms. The number of urea groups is 1. The van der Waals surface area contributed by atoms with Crippen LogP contribution in [0, 0.1) is 12.3 Å². The summed E-state index contributed by atoms with van der Waals surface area (Å²) in [7, 11) is -0.327. The SMILES string of the molecule is CCCCNC(=O)NS(=O)(=O)c1ccc(C)cc1.CN(C)C(N)=NC(=N)N. The van der Waals surface area contributed by atoms with Gasteiger partial charge in [-0.1, -0.05) is 31.0 Å². The van der Waals surface area contributed by atoms with Crippen LogP contribution >= 0.6 is 0 Å². The van der Waals surface area contributed by atoms with Gasteiger partial charge in [-0.3, -0.25) is 5.41 Å². The molecule has 27 heavy (non-hydrogen) atoms. The van der Waals surface area contributed by atoms with Crippen molar-refractivity contribution in [2.75, 3.05) is 20.6 Å². The molecule has 1 rings (SSSR count). The molecule has 0 unspecified atom stereocenters. The average molecular weight is 400 g/mol. The predicted molar refractivity (Wildman–Crippen MR) is 107 cm³/mol. The molecule has 0 bridgehead atoms. The molecular weight excluding hydrogens is 370 g/mol. The highest BCUT2D eigenvalue weighted by Gasteiger charge is 2.16. The molecule has 1 aromatic carbocycles. The number of rotatable bonds is 5. The van der Waals surface area contributed by atoms with E-state index in [-0.39, 0.29) is 16.8 Å². The number of hydrogen-bond donors (Lipinski definition) is 5. The van der Waals surface area contributed by atoms with Gasteiger partial charge in [-0.15, -0.1) is 0 Å². The molecule has 0 radical (unpaired) electrons. The summed E-state index contributed by atoms with van der Waals surface area (Å²) in [6.07, 6.45) is 1.75. The summed E-state index contributed by atoms with van der Waals surface area (Å²) in [5.41, 5.74) is 11.2. The van der Waals surface area contributed by atoms with Crippen molar-refractivity contribution >= 4 is 28.0 Å². The quantitative estimate of drug-likeness (QED) is 0.275. The zero-order valence-electron chi connectivity index (χ0n) is 16.1. The Morgan fingerprint density at radius 3 is 2.19 bits per heavy atom. The number of sulfonamides is 1. The average Bonchev–Trinajstić information content (AvgIpc) is 2.55. The number of nitrogens with two attached hydrogens (primary N) is 2. The van der Waals surface area contributed by atoms with Crippen LogP contribution in [-0.4, -0.2) is 51.9 Å². The van der Waals surface area contributed by atoms with Gasteiger partial charge in [-0.05, 0) is 25.5 Å². The lowest BCUT2D eigenvalue weighted by Gasteiger charge is -2.08. The molecule has 10 nitrogen and oxygen atoms in total. The van der Waals surface area contributed by atoms with Gasteiger partial charge in [0.1, 0.15) is 0 Å². The topological polar surface area (TPSA) is 167 Å². The van der Waals surface area contributed by atoms with Crippen molar-refractivity contribution in [3.8, 4) is 0 Å². The first-order chi connectivity index (χ1) is 12.5. The number of amides is 2. The third-order valence-corrected chi connectivity index (χ3v) is 4.41. The molecule has 0 aliphatic heterocycles. The minimum absolute atomic E-state index is 0.0822. The standard InChI is InChI=1S/C12H18N2O3S.C4H11N5/c1-3-4-9-13-12(15)14-18(16,17)11-7-5-10(2)6-8-11;1-9(2)4(7)8-3(5)6/h5-8H,3-4,9H2,1-2H3,(H2,13,14,15);1-2H3,(H5,5,6,7,8). The maximum absolute atomic E-state index is 11.8. The molecule has 2 amide bonds. The molecule has 0 fully saturated rings. The smallest absolute Gasteiger partial charge is 0.328 e. The van der Waals surface area contributed by atoms with Gasteiger partial charge in [-0.25, -0.2) is 17.9 Å². The Kier molecular flexibility index (Phi) is 10.5. The lowest BCUT2D eigenvalue weighted by atomic mass is 10.2. The Morgan fingerprint density at radius 2 is 1.78 bits per heavy atom. The number of nitrogens with one attached hydrogen (secondary N) is 3. The third kappa shape index (κ3) is 10.7. The number of carbonyl (C=O) groups is 1. The van der Waals surface area contributed by atoms with Crippen LogP contribution in [0.15, 0.2) is 34.2 Å². The van der Waals surface area contributed by atoms with E-state index in [0.29, 0.717) is 6.54 Å². The molecule has 0 aromatic heterocycles. The summed E-state index contributed by atoms with van der Waals surface area (Å²) >= 11 is 0. The first-order valence-electron chi connectivity index (χ1n) is 8.22. The summed E-state index contributed by atoms with van der Waals surface area (Å²) in [4.78, 5) is 16.5. The van der Waals surface area contributed by atoms with Crippen LogP contribution in [0.2, 0.25) is 0 Å². The van der Waals surface area contributed by atoms with Gasteiger partial charge >= 0.3 is 6.03 Å². The summed E-state index contributed by atoms with van der Waals surface area (Å²) in [5.74, 6) is -0.0382. The van der Waals surface area contributed by atoms with Crippen molar-refractivity contribution in [1.82, 2.24) is 14.9 Å². The first kappa shape index (κ1) is 24.2. The van der Waals surface area contributed by atoms with Crippen LogP contribution in [0.4, 0.5) is 4.79 Å². The van der Waals surface area contributed by atoms with Crippen molar-refractivity contribution in [3.63, 3.8) is 0 Å². The zero-order chi connectivity index (χ0) is 21.0. The molecule has 0 aliphatic rings. The number of aryl methyl sites for hydroxylation is 1. The predicted octanol–water partition coefficient (Wildman–Crippen LogP) is 0.539. The molecular formula is C16H29N7O3S. The Bertz CT molecular complexity index is 744. The fraction of sp³-hybridized carbons (Fsp3) is 0.438. The van der Waals surface area contributed by atoms with Gasteiger partial charge in [-0.2, -0.15) is 4.99 Å². The summed E-state index contributed by atoms with van der Waals surface area (Å²) in [5, 5.41) is 9.19. The van der Waals surface area contributed by atoms with E-state index in [2.05, 4.69) is 10.3 Å². The lowest BCUT2D eigenvalue weighted by molar-refractivity contribution is 0.245. The number of aliphatic imine (C=N–C) groups is 1. The molecule has 7 N–H and O–H groups in total. The largest absolute Gasteiger partial charge is 0.369 e. The van der Waals surface area contributed by atoms with Crippen molar-refractivity contribution in [1.29, 1.82) is 5.41 Å². The minimum Gasteiger partial charge on any atom is -0.369 e. The number of benzene rings is 1. The lowest BCUT2D eigenvalue weighted by Crippen LogP contribution is -2.39.